The third-order valence-electron chi connectivity index (χ3n) is 8.51. The van der Waals surface area contributed by atoms with Crippen molar-refractivity contribution < 1.29 is 33.3 Å². The lowest BCUT2D eigenvalue weighted by Crippen LogP contribution is -2.52. The number of ether oxygens (including phenoxy) is 4. The van der Waals surface area contributed by atoms with Crippen molar-refractivity contribution in [3.8, 4) is 39.8 Å². The van der Waals surface area contributed by atoms with Crippen LogP contribution in [0, 0.1) is 5.41 Å². The number of methoxy groups -OCH3 is 1. The van der Waals surface area contributed by atoms with Gasteiger partial charge in [-0.2, -0.15) is 5.10 Å². The second kappa shape index (κ2) is 12.7. The molecule has 1 saturated heterocycles. The van der Waals surface area contributed by atoms with E-state index in [2.05, 4.69) is 20.5 Å². The largest absolute Gasteiger partial charge is 0.496 e. The number of nitrogens with zero attached hydrogens (tertiary/aromatic N) is 7. The summed E-state index contributed by atoms with van der Waals surface area (Å²) in [7, 11) is 3.40. The summed E-state index contributed by atoms with van der Waals surface area (Å²) in [4.78, 5) is 42.3. The fourth-order valence-corrected chi connectivity index (χ4v) is 5.94. The van der Waals surface area contributed by atoms with Gasteiger partial charge in [0.1, 0.15) is 22.8 Å². The Morgan fingerprint density at radius 1 is 1.06 bits per heavy atom. The molecule has 0 aliphatic carbocycles. The molecule has 48 heavy (non-hydrogen) atoms. The number of Topliss-reactive ketones (excluding diaryl/α,β-unsaturated/α-hetero) is 1. The minimum atomic E-state index is -0.709. The lowest BCUT2D eigenvalue weighted by Gasteiger charge is -2.44. The SMILES string of the molecule is CCOc1cc(C(=O)N2CCC3(CC2)CC(=O)c2cc(-c4nnn(COC(=O)C(C)(C)C)n4)ccc2O3)cc(OC)c1-c1cnn(C)c1. The van der Waals surface area contributed by atoms with Crippen molar-refractivity contribution in [2.45, 2.75) is 59.3 Å². The van der Waals surface area contributed by atoms with Gasteiger partial charge in [0.05, 0.1) is 42.9 Å². The summed E-state index contributed by atoms with van der Waals surface area (Å²) in [5.41, 5.74) is 1.68. The van der Waals surface area contributed by atoms with E-state index in [1.807, 2.05) is 20.2 Å². The Hall–Kier alpha value is -5.27. The average molecular weight is 658 g/mol. The molecule has 0 radical (unpaired) electrons. The van der Waals surface area contributed by atoms with E-state index >= 15 is 0 Å². The Morgan fingerprint density at radius 3 is 2.48 bits per heavy atom. The molecular formula is C34H39N7O7. The number of piperidine rings is 1. The Kier molecular flexibility index (Phi) is 8.67. The van der Waals surface area contributed by atoms with Gasteiger partial charge in [0.15, 0.2) is 5.78 Å². The van der Waals surface area contributed by atoms with E-state index in [1.165, 1.54) is 4.80 Å². The highest BCUT2D eigenvalue weighted by Crippen LogP contribution is 2.42. The van der Waals surface area contributed by atoms with Gasteiger partial charge in [-0.15, -0.1) is 15.0 Å². The summed E-state index contributed by atoms with van der Waals surface area (Å²) in [5.74, 6) is 1.25. The molecule has 2 aliphatic heterocycles. The molecule has 4 aromatic rings. The van der Waals surface area contributed by atoms with Gasteiger partial charge in [-0.25, -0.2) is 0 Å². The van der Waals surface area contributed by atoms with Crippen LogP contribution in [0.2, 0.25) is 0 Å². The Labute approximate surface area is 277 Å². The highest BCUT2D eigenvalue weighted by atomic mass is 16.5. The summed E-state index contributed by atoms with van der Waals surface area (Å²) in [6, 6.07) is 8.70. The third kappa shape index (κ3) is 6.46. The maximum atomic E-state index is 13.7. The van der Waals surface area contributed by atoms with Crippen LogP contribution in [-0.4, -0.2) is 85.0 Å². The van der Waals surface area contributed by atoms with E-state index in [0.29, 0.717) is 72.3 Å². The molecule has 4 heterocycles. The molecule has 0 N–H and O–H groups in total. The average Bonchev–Trinajstić information content (AvgIpc) is 3.72. The monoisotopic (exact) mass is 657 g/mol. The molecule has 1 spiro atoms. The fraction of sp³-hybridized carbons (Fsp3) is 0.441. The van der Waals surface area contributed by atoms with Gasteiger partial charge in [-0.1, -0.05) is 0 Å². The molecule has 1 fully saturated rings. The molecule has 0 atom stereocenters. The number of carbonyl (C=O) groups is 3. The van der Waals surface area contributed by atoms with Crippen LogP contribution in [0.3, 0.4) is 0 Å². The zero-order valence-electron chi connectivity index (χ0n) is 28.0. The van der Waals surface area contributed by atoms with Crippen molar-refractivity contribution in [1.82, 2.24) is 34.9 Å². The van der Waals surface area contributed by atoms with E-state index < -0.39 is 11.0 Å². The number of rotatable bonds is 8. The normalized spacial score (nSPS) is 15.5. The molecule has 0 unspecified atom stereocenters. The smallest absolute Gasteiger partial charge is 0.313 e. The molecule has 252 valence electrons. The first-order chi connectivity index (χ1) is 22.9. The topological polar surface area (TPSA) is 153 Å². The third-order valence-corrected chi connectivity index (χ3v) is 8.51. The first-order valence-electron chi connectivity index (χ1n) is 15.8. The van der Waals surface area contributed by atoms with E-state index in [-0.39, 0.29) is 30.8 Å². The molecule has 0 bridgehead atoms. The van der Waals surface area contributed by atoms with Crippen molar-refractivity contribution in [2.75, 3.05) is 26.8 Å². The van der Waals surface area contributed by atoms with Crippen molar-refractivity contribution >= 4 is 17.7 Å². The van der Waals surface area contributed by atoms with Gasteiger partial charge < -0.3 is 23.8 Å². The lowest BCUT2D eigenvalue weighted by atomic mass is 9.82. The summed E-state index contributed by atoms with van der Waals surface area (Å²) < 4.78 is 25.1. The zero-order chi connectivity index (χ0) is 34.2. The predicted octanol–water partition coefficient (Wildman–Crippen LogP) is 4.33. The number of benzene rings is 2. The van der Waals surface area contributed by atoms with Crippen LogP contribution in [0.15, 0.2) is 42.7 Å². The Bertz CT molecular complexity index is 1870. The van der Waals surface area contributed by atoms with Crippen LogP contribution >= 0.6 is 0 Å². The van der Waals surface area contributed by atoms with E-state index in [4.69, 9.17) is 18.9 Å². The predicted molar refractivity (Wildman–Crippen MR) is 173 cm³/mol. The number of hydrogen-bond acceptors (Lipinski definition) is 11. The number of hydrogen-bond donors (Lipinski definition) is 0. The number of fused-ring (bicyclic) bond motifs is 1. The van der Waals surface area contributed by atoms with Crippen molar-refractivity contribution in [1.29, 1.82) is 0 Å². The highest BCUT2D eigenvalue weighted by molar-refractivity contribution is 6.01. The van der Waals surface area contributed by atoms with Crippen LogP contribution in [0.4, 0.5) is 0 Å². The molecule has 6 rings (SSSR count). The molecule has 14 nitrogen and oxygen atoms in total. The Morgan fingerprint density at radius 2 is 1.81 bits per heavy atom. The Balaban J connectivity index is 1.14. The van der Waals surface area contributed by atoms with Crippen LogP contribution in [-0.2, 0) is 23.3 Å². The molecule has 0 saturated carbocycles. The zero-order valence-corrected chi connectivity index (χ0v) is 28.0. The summed E-state index contributed by atoms with van der Waals surface area (Å²) in [6.07, 6.45) is 4.79. The van der Waals surface area contributed by atoms with E-state index in [9.17, 15) is 14.4 Å². The van der Waals surface area contributed by atoms with Gasteiger partial charge in [0, 0.05) is 55.9 Å². The second-order valence-electron chi connectivity index (χ2n) is 13.1. The molecule has 1 amide bonds. The minimum absolute atomic E-state index is 0.0542. The van der Waals surface area contributed by atoms with Crippen LogP contribution in [0.5, 0.6) is 17.2 Å². The van der Waals surface area contributed by atoms with Crippen molar-refractivity contribution in [2.24, 2.45) is 12.5 Å². The van der Waals surface area contributed by atoms with E-state index in [0.717, 1.165) is 11.1 Å². The molecular weight excluding hydrogens is 618 g/mol. The van der Waals surface area contributed by atoms with Crippen LogP contribution in [0.25, 0.3) is 22.5 Å². The highest BCUT2D eigenvalue weighted by Gasteiger charge is 2.44. The standard InChI is InChI=1S/C34H39N7O7/c1-7-46-28-16-22(15-27(45-6)29(28)23-18-35-39(5)19-23)31(43)40-12-10-34(11-13-40)17-25(42)24-14-21(8-9-26(24)48-34)30-36-38-41(37-30)20-47-32(44)33(2,3)4/h8-9,14-16,18-19H,7,10-13,17,20H2,1-6H3. The number of aryl methyl sites for hydroxylation is 1. The van der Waals surface area contributed by atoms with E-state index in [1.54, 1.807) is 74.0 Å². The van der Waals surface area contributed by atoms with Gasteiger partial charge in [0.2, 0.25) is 12.6 Å². The van der Waals surface area contributed by atoms with Gasteiger partial charge in [0.25, 0.3) is 5.91 Å². The second-order valence-corrected chi connectivity index (χ2v) is 13.1. The number of amides is 1. The maximum Gasteiger partial charge on any atom is 0.313 e. The number of ketones is 1. The van der Waals surface area contributed by atoms with Gasteiger partial charge >= 0.3 is 5.97 Å². The van der Waals surface area contributed by atoms with Crippen LogP contribution < -0.4 is 14.2 Å². The quantitative estimate of drug-likeness (QED) is 0.249. The first kappa shape index (κ1) is 32.7. The molecule has 14 heteroatoms. The summed E-state index contributed by atoms with van der Waals surface area (Å²) >= 11 is 0. The van der Waals surface area contributed by atoms with Gasteiger partial charge in [-0.3, -0.25) is 19.1 Å². The number of esters is 1. The number of likely N-dealkylation sites (tertiary alicyclic amines) is 1. The number of carbonyl (C=O) groups excluding carboxylic acids is 3. The molecule has 2 aromatic carbocycles. The summed E-state index contributed by atoms with van der Waals surface area (Å²) in [5, 5.41) is 16.6. The van der Waals surface area contributed by atoms with Crippen LogP contribution in [0.1, 0.15) is 67.7 Å². The molecule has 2 aliphatic rings. The molecule has 2 aromatic heterocycles. The number of tetrazole rings is 1. The number of aromatic nitrogens is 6. The van der Waals surface area contributed by atoms with Crippen molar-refractivity contribution in [3.05, 3.63) is 53.9 Å². The fourth-order valence-electron chi connectivity index (χ4n) is 5.94. The lowest BCUT2D eigenvalue weighted by molar-refractivity contribution is -0.157. The van der Waals surface area contributed by atoms with Gasteiger partial charge in [-0.05, 0) is 63.2 Å². The maximum absolute atomic E-state index is 13.7. The summed E-state index contributed by atoms with van der Waals surface area (Å²) in [6.45, 7) is 8.25. The minimum Gasteiger partial charge on any atom is -0.496 e. The van der Waals surface area contributed by atoms with Crippen molar-refractivity contribution in [3.63, 3.8) is 0 Å². The first-order valence-corrected chi connectivity index (χ1v) is 15.8.